The zero-order valence-electron chi connectivity index (χ0n) is 11.4. The molecule has 2 N–H and O–H groups in total. The van der Waals surface area contributed by atoms with Gasteiger partial charge in [0, 0.05) is 0 Å². The maximum absolute atomic E-state index is 12.6. The second-order valence-electron chi connectivity index (χ2n) is 4.97. The Morgan fingerprint density at radius 2 is 1.82 bits per heavy atom. The highest BCUT2D eigenvalue weighted by atomic mass is 32.2. The summed E-state index contributed by atoms with van der Waals surface area (Å²) in [5.74, 6) is -2.62. The number of aliphatic carboxylic acids is 1. The van der Waals surface area contributed by atoms with Gasteiger partial charge in [0.05, 0.1) is 28.5 Å². The number of sulfonamides is 1. The monoisotopic (exact) mass is 349 g/mol. The summed E-state index contributed by atoms with van der Waals surface area (Å²) in [5, 5.41) is 18.8. The van der Waals surface area contributed by atoms with E-state index in [2.05, 4.69) is 0 Å². The molecule has 0 unspecified atom stereocenters. The quantitative estimate of drug-likeness (QED) is 0.691. The number of carbonyl (C=O) groups is 1. The van der Waals surface area contributed by atoms with Crippen LogP contribution in [0.5, 0.6) is 0 Å². The molecule has 8 nitrogen and oxygen atoms in total. The van der Waals surface area contributed by atoms with Gasteiger partial charge in [0.25, 0.3) is 0 Å². The largest absolute Gasteiger partial charge is 0.480 e. The lowest BCUT2D eigenvalue weighted by Crippen LogP contribution is -2.48. The van der Waals surface area contributed by atoms with Crippen molar-refractivity contribution in [2.45, 2.75) is 17.0 Å². The fourth-order valence-electron chi connectivity index (χ4n) is 2.33. The Kier molecular flexibility index (Phi) is 4.57. The van der Waals surface area contributed by atoms with Crippen molar-refractivity contribution in [1.29, 1.82) is 0 Å². The summed E-state index contributed by atoms with van der Waals surface area (Å²) in [6.45, 7) is -0.922. The van der Waals surface area contributed by atoms with Gasteiger partial charge >= 0.3 is 5.97 Å². The van der Waals surface area contributed by atoms with Crippen LogP contribution in [-0.4, -0.2) is 67.5 Å². The van der Waals surface area contributed by atoms with Gasteiger partial charge in [0.2, 0.25) is 10.0 Å². The molecule has 0 bridgehead atoms. The molecular weight excluding hydrogens is 334 g/mol. The number of carboxylic acid groups (broad SMARTS) is 1. The number of aliphatic hydroxyl groups excluding tert-OH is 1. The molecule has 0 radical (unpaired) electrons. The van der Waals surface area contributed by atoms with Gasteiger partial charge in [-0.15, -0.1) is 0 Å². The van der Waals surface area contributed by atoms with Crippen LogP contribution in [0.25, 0.3) is 0 Å². The van der Waals surface area contributed by atoms with Crippen LogP contribution in [0.4, 0.5) is 0 Å². The van der Waals surface area contributed by atoms with Gasteiger partial charge in [-0.25, -0.2) is 16.8 Å². The maximum atomic E-state index is 12.6. The Hall–Kier alpha value is -1.49. The average Bonchev–Trinajstić information content (AvgIpc) is 2.69. The first-order valence-electron chi connectivity index (χ1n) is 6.31. The van der Waals surface area contributed by atoms with Crippen LogP contribution in [0.2, 0.25) is 0 Å². The van der Waals surface area contributed by atoms with Crippen molar-refractivity contribution in [3.63, 3.8) is 0 Å². The Labute approximate surface area is 128 Å². The molecule has 1 aliphatic rings. The summed E-state index contributed by atoms with van der Waals surface area (Å²) < 4.78 is 48.8. The third-order valence-corrected chi connectivity index (χ3v) is 6.89. The van der Waals surface area contributed by atoms with Gasteiger partial charge < -0.3 is 10.2 Å². The molecule has 1 saturated heterocycles. The van der Waals surface area contributed by atoms with Crippen LogP contribution in [0.3, 0.4) is 0 Å². The molecule has 0 saturated carbocycles. The first kappa shape index (κ1) is 16.9. The van der Waals surface area contributed by atoms with Gasteiger partial charge in [-0.1, -0.05) is 18.2 Å². The fourth-order valence-corrected chi connectivity index (χ4v) is 5.85. The first-order valence-corrected chi connectivity index (χ1v) is 9.57. The predicted molar refractivity (Wildman–Crippen MR) is 76.4 cm³/mol. The molecule has 2 rings (SSSR count). The van der Waals surface area contributed by atoms with Gasteiger partial charge in [0.1, 0.15) is 6.54 Å². The molecule has 0 spiro atoms. The zero-order valence-corrected chi connectivity index (χ0v) is 13.0. The fraction of sp³-hybridized carbons (Fsp3) is 0.417. The number of aliphatic hydroxyl groups is 1. The van der Waals surface area contributed by atoms with E-state index in [0.29, 0.717) is 4.31 Å². The van der Waals surface area contributed by atoms with E-state index in [9.17, 15) is 26.7 Å². The molecule has 0 aromatic heterocycles. The highest BCUT2D eigenvalue weighted by Gasteiger charge is 2.45. The Balaban J connectivity index is 2.45. The van der Waals surface area contributed by atoms with E-state index in [0.717, 1.165) is 0 Å². The van der Waals surface area contributed by atoms with Crippen LogP contribution < -0.4 is 0 Å². The van der Waals surface area contributed by atoms with Crippen molar-refractivity contribution in [3.05, 3.63) is 30.3 Å². The summed E-state index contributed by atoms with van der Waals surface area (Å²) in [6, 6.07) is 5.77. The molecule has 1 aromatic rings. The number of sulfone groups is 1. The maximum Gasteiger partial charge on any atom is 0.318 e. The number of rotatable bonds is 5. The van der Waals surface area contributed by atoms with E-state index < -0.39 is 56.0 Å². The summed E-state index contributed by atoms with van der Waals surface area (Å²) in [4.78, 5) is 10.8. The van der Waals surface area contributed by atoms with Gasteiger partial charge in [0.15, 0.2) is 9.84 Å². The molecule has 1 aromatic carbocycles. The summed E-state index contributed by atoms with van der Waals surface area (Å²) in [5.41, 5.74) is 0. The van der Waals surface area contributed by atoms with Crippen molar-refractivity contribution in [2.75, 3.05) is 18.1 Å². The minimum absolute atomic E-state index is 0.159. The predicted octanol–water partition coefficient (Wildman–Crippen LogP) is -1.08. The molecule has 22 heavy (non-hydrogen) atoms. The zero-order chi connectivity index (χ0) is 16.5. The van der Waals surface area contributed by atoms with Crippen molar-refractivity contribution in [1.82, 2.24) is 4.31 Å². The van der Waals surface area contributed by atoms with E-state index in [1.54, 1.807) is 6.07 Å². The Bertz CT molecular complexity index is 758. The molecule has 2 atom stereocenters. The number of nitrogens with zero attached hydrogens (tertiary/aromatic N) is 1. The summed E-state index contributed by atoms with van der Waals surface area (Å²) >= 11 is 0. The highest BCUT2D eigenvalue weighted by molar-refractivity contribution is 7.92. The van der Waals surface area contributed by atoms with Gasteiger partial charge in [-0.2, -0.15) is 4.31 Å². The minimum atomic E-state index is -4.23. The van der Waals surface area contributed by atoms with E-state index in [4.69, 9.17) is 5.11 Å². The second kappa shape index (κ2) is 5.95. The number of benzene rings is 1. The van der Waals surface area contributed by atoms with E-state index in [1.807, 2.05) is 0 Å². The molecule has 1 heterocycles. The molecule has 122 valence electrons. The summed E-state index contributed by atoms with van der Waals surface area (Å²) in [6.07, 6.45) is -1.46. The molecule has 1 aliphatic heterocycles. The number of hydrogen-bond donors (Lipinski definition) is 2. The van der Waals surface area contributed by atoms with Crippen LogP contribution in [0, 0.1) is 0 Å². The van der Waals surface area contributed by atoms with Crippen LogP contribution in [-0.2, 0) is 24.7 Å². The highest BCUT2D eigenvalue weighted by Crippen LogP contribution is 2.25. The third-order valence-electron chi connectivity index (χ3n) is 3.30. The lowest BCUT2D eigenvalue weighted by atomic mass is 10.2. The minimum Gasteiger partial charge on any atom is -0.480 e. The number of carboxylic acids is 1. The van der Waals surface area contributed by atoms with Crippen molar-refractivity contribution in [3.8, 4) is 0 Å². The normalized spacial score (nSPS) is 24.5. The average molecular weight is 349 g/mol. The van der Waals surface area contributed by atoms with Crippen LogP contribution >= 0.6 is 0 Å². The molecule has 0 aliphatic carbocycles. The van der Waals surface area contributed by atoms with Gasteiger partial charge in [-0.3, -0.25) is 4.79 Å². The number of hydrogen-bond acceptors (Lipinski definition) is 6. The van der Waals surface area contributed by atoms with E-state index in [-0.39, 0.29) is 4.90 Å². The van der Waals surface area contributed by atoms with Crippen molar-refractivity contribution >= 4 is 25.8 Å². The molecule has 10 heteroatoms. The Morgan fingerprint density at radius 3 is 2.27 bits per heavy atom. The Morgan fingerprint density at radius 1 is 1.23 bits per heavy atom. The second-order valence-corrected chi connectivity index (χ2v) is 9.01. The van der Waals surface area contributed by atoms with Crippen molar-refractivity contribution in [2.24, 2.45) is 0 Å². The van der Waals surface area contributed by atoms with Gasteiger partial charge in [-0.05, 0) is 12.1 Å². The lowest BCUT2D eigenvalue weighted by Gasteiger charge is -2.27. The van der Waals surface area contributed by atoms with E-state index in [1.165, 1.54) is 24.3 Å². The standard InChI is InChI=1S/C12H15NO7S2/c14-11-8-21(17,18)7-10(11)13(6-12(15)16)22(19,20)9-4-2-1-3-5-9/h1-5,10-11,14H,6-8H2,(H,15,16)/t10-,11-/m0/s1. The SMILES string of the molecule is O=C(O)CN([C@H]1CS(=O)(=O)C[C@@H]1O)S(=O)(=O)c1ccccc1. The lowest BCUT2D eigenvalue weighted by molar-refractivity contribution is -0.137. The van der Waals surface area contributed by atoms with Crippen molar-refractivity contribution < 1.29 is 31.8 Å². The third kappa shape index (κ3) is 3.46. The molecule has 1 fully saturated rings. The smallest absolute Gasteiger partial charge is 0.318 e. The van der Waals surface area contributed by atoms with Crippen LogP contribution in [0.15, 0.2) is 35.2 Å². The van der Waals surface area contributed by atoms with E-state index >= 15 is 0 Å². The molecule has 0 amide bonds. The van der Waals surface area contributed by atoms with Crippen LogP contribution in [0.1, 0.15) is 0 Å². The first-order chi connectivity index (χ1) is 10.1. The molecular formula is C12H15NO7S2. The summed E-state index contributed by atoms with van der Waals surface area (Å²) in [7, 11) is -7.85. The topological polar surface area (TPSA) is 129 Å².